The summed E-state index contributed by atoms with van der Waals surface area (Å²) in [6, 6.07) is 8.91. The SMILES string of the molecule is CN=C(NCc1ccc(N2CCSCC2)cc1)N1CCOC(c2cnn(C)c2)C1.I. The average Bonchev–Trinajstić information content (AvgIpc) is 3.22. The number of aliphatic imine (C=N–C) groups is 1. The minimum absolute atomic E-state index is 0. The Hall–Kier alpha value is -1.46. The molecule has 0 saturated carbocycles. The fourth-order valence-corrected chi connectivity index (χ4v) is 4.71. The van der Waals surface area contributed by atoms with Crippen LogP contribution in [0.25, 0.3) is 0 Å². The lowest BCUT2D eigenvalue weighted by Crippen LogP contribution is -2.47. The molecule has 1 aromatic carbocycles. The summed E-state index contributed by atoms with van der Waals surface area (Å²) in [5, 5.41) is 7.78. The summed E-state index contributed by atoms with van der Waals surface area (Å²) in [7, 11) is 3.77. The van der Waals surface area contributed by atoms with E-state index in [1.807, 2.05) is 42.9 Å². The van der Waals surface area contributed by atoms with Gasteiger partial charge in [0.15, 0.2) is 5.96 Å². The number of anilines is 1. The molecule has 0 radical (unpaired) electrons. The molecule has 0 bridgehead atoms. The van der Waals surface area contributed by atoms with Gasteiger partial charge in [-0.05, 0) is 17.7 Å². The van der Waals surface area contributed by atoms with Crippen LogP contribution >= 0.6 is 35.7 Å². The van der Waals surface area contributed by atoms with Gasteiger partial charge in [0.1, 0.15) is 6.10 Å². The number of aromatic nitrogens is 2. The highest BCUT2D eigenvalue weighted by atomic mass is 127. The maximum atomic E-state index is 5.95. The highest BCUT2D eigenvalue weighted by Gasteiger charge is 2.25. The molecule has 2 aliphatic heterocycles. The van der Waals surface area contributed by atoms with Crippen molar-refractivity contribution in [1.29, 1.82) is 0 Å². The van der Waals surface area contributed by atoms with Gasteiger partial charge in [-0.25, -0.2) is 0 Å². The molecule has 0 spiro atoms. The van der Waals surface area contributed by atoms with Crippen LogP contribution in [0.15, 0.2) is 41.7 Å². The molecule has 7 nitrogen and oxygen atoms in total. The number of aryl methyl sites for hydroxylation is 1. The summed E-state index contributed by atoms with van der Waals surface area (Å²) in [4.78, 5) is 9.23. The number of guanidine groups is 1. The predicted molar refractivity (Wildman–Crippen MR) is 135 cm³/mol. The van der Waals surface area contributed by atoms with E-state index in [1.165, 1.54) is 22.8 Å². The molecule has 9 heteroatoms. The van der Waals surface area contributed by atoms with Gasteiger partial charge in [-0.3, -0.25) is 9.67 Å². The average molecular weight is 542 g/mol. The lowest BCUT2D eigenvalue weighted by atomic mass is 10.1. The molecule has 1 atom stereocenters. The molecule has 2 saturated heterocycles. The van der Waals surface area contributed by atoms with Gasteiger partial charge in [0.05, 0.1) is 19.3 Å². The zero-order chi connectivity index (χ0) is 20.1. The molecule has 0 aliphatic carbocycles. The number of ether oxygens (including phenoxy) is 1. The molecule has 30 heavy (non-hydrogen) atoms. The maximum Gasteiger partial charge on any atom is 0.194 e. The Labute approximate surface area is 200 Å². The van der Waals surface area contributed by atoms with E-state index in [-0.39, 0.29) is 30.1 Å². The van der Waals surface area contributed by atoms with Crippen molar-refractivity contribution in [1.82, 2.24) is 20.0 Å². The first-order valence-corrected chi connectivity index (χ1v) is 11.4. The summed E-state index contributed by atoms with van der Waals surface area (Å²) in [5.41, 5.74) is 3.70. The Morgan fingerprint density at radius 3 is 2.67 bits per heavy atom. The first-order chi connectivity index (χ1) is 14.2. The van der Waals surface area contributed by atoms with Crippen molar-refractivity contribution < 1.29 is 4.74 Å². The third-order valence-electron chi connectivity index (χ3n) is 5.44. The van der Waals surface area contributed by atoms with Crippen LogP contribution in [0.1, 0.15) is 17.2 Å². The van der Waals surface area contributed by atoms with E-state index < -0.39 is 0 Å². The number of thioether (sulfide) groups is 1. The first-order valence-electron chi connectivity index (χ1n) is 10.2. The molecular weight excluding hydrogens is 511 g/mol. The van der Waals surface area contributed by atoms with Crippen LogP contribution < -0.4 is 10.2 Å². The lowest BCUT2D eigenvalue weighted by molar-refractivity contribution is -0.00805. The van der Waals surface area contributed by atoms with Crippen LogP contribution in [0.5, 0.6) is 0 Å². The van der Waals surface area contributed by atoms with Crippen molar-refractivity contribution in [2.75, 3.05) is 56.2 Å². The molecule has 164 valence electrons. The normalized spacial score (nSPS) is 20.1. The molecule has 2 fully saturated rings. The summed E-state index contributed by atoms with van der Waals surface area (Å²) >= 11 is 2.04. The Morgan fingerprint density at radius 1 is 1.23 bits per heavy atom. The minimum Gasteiger partial charge on any atom is -0.370 e. The van der Waals surface area contributed by atoms with Crippen molar-refractivity contribution >= 4 is 47.4 Å². The van der Waals surface area contributed by atoms with E-state index >= 15 is 0 Å². The van der Waals surface area contributed by atoms with E-state index in [0.717, 1.165) is 44.2 Å². The molecule has 0 amide bonds. The Kier molecular flexibility index (Phi) is 8.70. The van der Waals surface area contributed by atoms with Crippen LogP contribution in [0.2, 0.25) is 0 Å². The molecule has 1 aromatic heterocycles. The van der Waals surface area contributed by atoms with E-state index in [9.17, 15) is 0 Å². The standard InChI is InChI=1S/C21H30N6OS.HI/c1-22-21(27-7-10-28-20(16-27)18-14-24-25(2)15-18)23-13-17-3-5-19(6-4-17)26-8-11-29-12-9-26;/h3-6,14-15,20H,7-13,16H2,1-2H3,(H,22,23);1H. The number of nitrogens with zero attached hydrogens (tertiary/aromatic N) is 5. The second-order valence-corrected chi connectivity index (χ2v) is 8.64. The maximum absolute atomic E-state index is 5.95. The van der Waals surface area contributed by atoms with Gasteiger partial charge >= 0.3 is 0 Å². The summed E-state index contributed by atoms with van der Waals surface area (Å²) in [6.07, 6.45) is 3.93. The largest absolute Gasteiger partial charge is 0.370 e. The number of hydrogen-bond donors (Lipinski definition) is 1. The highest BCUT2D eigenvalue weighted by molar-refractivity contribution is 14.0. The molecule has 3 heterocycles. The van der Waals surface area contributed by atoms with Crippen molar-refractivity contribution in [2.24, 2.45) is 12.0 Å². The van der Waals surface area contributed by atoms with Crippen molar-refractivity contribution in [3.63, 3.8) is 0 Å². The second-order valence-electron chi connectivity index (χ2n) is 7.42. The summed E-state index contributed by atoms with van der Waals surface area (Å²) < 4.78 is 7.77. The van der Waals surface area contributed by atoms with Gasteiger partial charge in [-0.2, -0.15) is 16.9 Å². The monoisotopic (exact) mass is 542 g/mol. The lowest BCUT2D eigenvalue weighted by Gasteiger charge is -2.34. The number of morpholine rings is 1. The van der Waals surface area contributed by atoms with Gasteiger partial charge in [0.2, 0.25) is 0 Å². The van der Waals surface area contributed by atoms with E-state index in [0.29, 0.717) is 6.61 Å². The number of halogens is 1. The number of hydrogen-bond acceptors (Lipinski definition) is 5. The Bertz CT molecular complexity index is 821. The third kappa shape index (κ3) is 5.82. The van der Waals surface area contributed by atoms with Crippen LogP contribution in [-0.4, -0.2) is 72.0 Å². The quantitative estimate of drug-likeness (QED) is 0.365. The molecule has 1 unspecified atom stereocenters. The van der Waals surface area contributed by atoms with Gasteiger partial charge in [-0.1, -0.05) is 12.1 Å². The first kappa shape index (κ1) is 23.2. The number of benzene rings is 1. The molecule has 2 aromatic rings. The topological polar surface area (TPSA) is 57.9 Å². The van der Waals surface area contributed by atoms with Crippen molar-refractivity contribution in [2.45, 2.75) is 12.6 Å². The van der Waals surface area contributed by atoms with Gasteiger partial charge in [-0.15, -0.1) is 24.0 Å². The fraction of sp³-hybridized carbons (Fsp3) is 0.524. The van der Waals surface area contributed by atoms with Crippen LogP contribution in [0.4, 0.5) is 5.69 Å². The zero-order valence-electron chi connectivity index (χ0n) is 17.7. The van der Waals surface area contributed by atoms with E-state index in [1.54, 1.807) is 0 Å². The smallest absolute Gasteiger partial charge is 0.194 e. The highest BCUT2D eigenvalue weighted by Crippen LogP contribution is 2.22. The summed E-state index contributed by atoms with van der Waals surface area (Å²) in [6.45, 7) is 5.34. The number of nitrogens with one attached hydrogen (secondary N) is 1. The van der Waals surface area contributed by atoms with Crippen LogP contribution in [-0.2, 0) is 18.3 Å². The van der Waals surface area contributed by atoms with Crippen molar-refractivity contribution in [3.8, 4) is 0 Å². The summed E-state index contributed by atoms with van der Waals surface area (Å²) in [5.74, 6) is 3.36. The van der Waals surface area contributed by atoms with Crippen LogP contribution in [0, 0.1) is 0 Å². The zero-order valence-corrected chi connectivity index (χ0v) is 20.8. The minimum atomic E-state index is 0. The van der Waals surface area contributed by atoms with Gasteiger partial charge < -0.3 is 19.9 Å². The molecule has 2 aliphatic rings. The van der Waals surface area contributed by atoms with Crippen LogP contribution in [0.3, 0.4) is 0 Å². The Balaban J connectivity index is 0.00000256. The van der Waals surface area contributed by atoms with E-state index in [2.05, 4.69) is 49.5 Å². The Morgan fingerprint density at radius 2 is 2.00 bits per heavy atom. The number of rotatable bonds is 4. The third-order valence-corrected chi connectivity index (χ3v) is 6.38. The van der Waals surface area contributed by atoms with Gasteiger partial charge in [0.25, 0.3) is 0 Å². The van der Waals surface area contributed by atoms with Gasteiger partial charge in [0, 0.05) is 69.2 Å². The van der Waals surface area contributed by atoms with Crippen molar-refractivity contribution in [3.05, 3.63) is 47.8 Å². The molecular formula is C21H31IN6OS. The van der Waals surface area contributed by atoms with E-state index in [4.69, 9.17) is 4.74 Å². The predicted octanol–water partition coefficient (Wildman–Crippen LogP) is 2.74. The second kappa shape index (κ2) is 11.2. The molecule has 4 rings (SSSR count). The molecule has 1 N–H and O–H groups in total. The fourth-order valence-electron chi connectivity index (χ4n) is 3.81.